The van der Waals surface area contributed by atoms with Gasteiger partial charge in [-0.1, -0.05) is 45.0 Å². The fraction of sp³-hybridized carbons (Fsp3) is 0.417. The van der Waals surface area contributed by atoms with Crippen molar-refractivity contribution in [3.8, 4) is 11.1 Å². The second kappa shape index (κ2) is 7.08. The van der Waals surface area contributed by atoms with Crippen LogP contribution in [0.3, 0.4) is 0 Å². The SMILES string of the molecule is CC(=O)Nc1ccc(C=NO)cc1-c1cc2c(cc1C)C(C)(C)CCC2(C)C. The second-order valence-corrected chi connectivity index (χ2v) is 9.21. The van der Waals surface area contributed by atoms with Gasteiger partial charge in [0.1, 0.15) is 0 Å². The maximum absolute atomic E-state index is 11.7. The number of rotatable bonds is 3. The standard InChI is InChI=1S/C24H30N2O2/c1-15-11-20-21(24(5,6)10-9-23(20,3)4)13-18(15)19-12-17(14-25-28)7-8-22(19)26-16(2)27/h7-8,11-14,28H,9-10H2,1-6H3,(H,26,27). The molecule has 0 spiro atoms. The molecule has 1 aliphatic rings. The summed E-state index contributed by atoms with van der Waals surface area (Å²) in [6.45, 7) is 12.9. The van der Waals surface area contributed by atoms with Gasteiger partial charge in [0, 0.05) is 18.2 Å². The van der Waals surface area contributed by atoms with Crippen LogP contribution >= 0.6 is 0 Å². The average molecular weight is 379 g/mol. The number of carbonyl (C=O) groups excluding carboxylic acids is 1. The molecule has 0 bridgehead atoms. The number of oxime groups is 1. The Morgan fingerprint density at radius 2 is 1.64 bits per heavy atom. The van der Waals surface area contributed by atoms with E-state index in [0.29, 0.717) is 0 Å². The summed E-state index contributed by atoms with van der Waals surface area (Å²) < 4.78 is 0. The predicted octanol–water partition coefficient (Wildman–Crippen LogP) is 5.78. The number of hydrogen-bond acceptors (Lipinski definition) is 3. The van der Waals surface area contributed by atoms with Gasteiger partial charge in [0.05, 0.1) is 6.21 Å². The largest absolute Gasteiger partial charge is 0.411 e. The molecular weight excluding hydrogens is 348 g/mol. The molecule has 0 atom stereocenters. The molecule has 0 heterocycles. The number of amides is 1. The van der Waals surface area contributed by atoms with Crippen LogP contribution in [0.5, 0.6) is 0 Å². The monoisotopic (exact) mass is 378 g/mol. The predicted molar refractivity (Wildman–Crippen MR) is 116 cm³/mol. The van der Waals surface area contributed by atoms with Gasteiger partial charge in [0.15, 0.2) is 0 Å². The van der Waals surface area contributed by atoms with E-state index < -0.39 is 0 Å². The van der Waals surface area contributed by atoms with Crippen LogP contribution in [0.2, 0.25) is 0 Å². The molecule has 0 radical (unpaired) electrons. The summed E-state index contributed by atoms with van der Waals surface area (Å²) >= 11 is 0. The molecule has 0 aromatic heterocycles. The minimum Gasteiger partial charge on any atom is -0.411 e. The van der Waals surface area contributed by atoms with Gasteiger partial charge >= 0.3 is 0 Å². The molecule has 2 aromatic rings. The number of anilines is 1. The van der Waals surface area contributed by atoms with E-state index in [9.17, 15) is 4.79 Å². The molecule has 4 heteroatoms. The van der Waals surface area contributed by atoms with E-state index in [1.807, 2.05) is 18.2 Å². The van der Waals surface area contributed by atoms with Crippen LogP contribution in [-0.2, 0) is 15.6 Å². The van der Waals surface area contributed by atoms with Gasteiger partial charge in [-0.3, -0.25) is 4.79 Å². The van der Waals surface area contributed by atoms with E-state index in [1.165, 1.54) is 36.2 Å². The number of hydrogen-bond donors (Lipinski definition) is 2. The Morgan fingerprint density at radius 1 is 1.04 bits per heavy atom. The molecular formula is C24H30N2O2. The van der Waals surface area contributed by atoms with Crippen LogP contribution in [-0.4, -0.2) is 17.3 Å². The molecule has 2 N–H and O–H groups in total. The van der Waals surface area contributed by atoms with E-state index in [0.717, 1.165) is 28.8 Å². The first kappa shape index (κ1) is 20.1. The number of aryl methyl sites for hydroxylation is 1. The maximum atomic E-state index is 11.7. The number of carbonyl (C=O) groups is 1. The van der Waals surface area contributed by atoms with E-state index in [-0.39, 0.29) is 16.7 Å². The van der Waals surface area contributed by atoms with Crippen LogP contribution in [0.25, 0.3) is 11.1 Å². The Kier molecular flexibility index (Phi) is 5.09. The lowest BCUT2D eigenvalue weighted by Crippen LogP contribution is -2.34. The molecule has 0 fully saturated rings. The minimum atomic E-state index is -0.109. The molecule has 2 aromatic carbocycles. The quantitative estimate of drug-likeness (QED) is 0.404. The highest BCUT2D eigenvalue weighted by Gasteiger charge is 2.37. The topological polar surface area (TPSA) is 61.7 Å². The van der Waals surface area contributed by atoms with Crippen molar-refractivity contribution in [2.24, 2.45) is 5.16 Å². The summed E-state index contributed by atoms with van der Waals surface area (Å²) in [6.07, 6.45) is 3.72. The first-order valence-electron chi connectivity index (χ1n) is 9.80. The van der Waals surface area contributed by atoms with Crippen molar-refractivity contribution in [3.63, 3.8) is 0 Å². The molecule has 4 nitrogen and oxygen atoms in total. The summed E-state index contributed by atoms with van der Waals surface area (Å²) in [7, 11) is 0. The summed E-state index contributed by atoms with van der Waals surface area (Å²) in [5.74, 6) is -0.109. The normalized spacial score (nSPS) is 17.4. The Morgan fingerprint density at radius 3 is 2.21 bits per heavy atom. The van der Waals surface area contributed by atoms with E-state index in [4.69, 9.17) is 5.21 Å². The molecule has 148 valence electrons. The zero-order valence-electron chi connectivity index (χ0n) is 17.7. The summed E-state index contributed by atoms with van der Waals surface area (Å²) in [4.78, 5) is 11.7. The molecule has 3 rings (SSSR count). The van der Waals surface area contributed by atoms with Crippen molar-refractivity contribution in [3.05, 3.63) is 52.6 Å². The smallest absolute Gasteiger partial charge is 0.221 e. The second-order valence-electron chi connectivity index (χ2n) is 9.21. The zero-order valence-corrected chi connectivity index (χ0v) is 17.7. The third-order valence-corrected chi connectivity index (χ3v) is 6.05. The van der Waals surface area contributed by atoms with Gasteiger partial charge in [-0.2, -0.15) is 0 Å². The lowest BCUT2D eigenvalue weighted by Gasteiger charge is -2.42. The zero-order chi connectivity index (χ0) is 20.7. The van der Waals surface area contributed by atoms with Gasteiger partial charge in [0.2, 0.25) is 5.91 Å². The van der Waals surface area contributed by atoms with Crippen LogP contribution in [0.15, 0.2) is 35.5 Å². The van der Waals surface area contributed by atoms with Crippen LogP contribution in [0.4, 0.5) is 5.69 Å². The third kappa shape index (κ3) is 3.68. The van der Waals surface area contributed by atoms with Crippen LogP contribution in [0, 0.1) is 6.92 Å². The van der Waals surface area contributed by atoms with Gasteiger partial charge in [-0.25, -0.2) is 0 Å². The number of nitrogens with one attached hydrogen (secondary N) is 1. The van der Waals surface area contributed by atoms with Crippen molar-refractivity contribution in [1.29, 1.82) is 0 Å². The van der Waals surface area contributed by atoms with Crippen molar-refractivity contribution in [1.82, 2.24) is 0 Å². The molecule has 1 amide bonds. The van der Waals surface area contributed by atoms with Crippen molar-refractivity contribution in [2.45, 2.75) is 65.2 Å². The Hall–Kier alpha value is -2.62. The molecule has 0 saturated carbocycles. The van der Waals surface area contributed by atoms with Crippen molar-refractivity contribution < 1.29 is 10.0 Å². The average Bonchev–Trinajstić information content (AvgIpc) is 2.60. The minimum absolute atomic E-state index is 0.103. The lowest BCUT2D eigenvalue weighted by molar-refractivity contribution is -0.114. The number of fused-ring (bicyclic) bond motifs is 1. The van der Waals surface area contributed by atoms with Crippen LogP contribution < -0.4 is 5.32 Å². The van der Waals surface area contributed by atoms with Gasteiger partial charge in [-0.05, 0) is 76.6 Å². The van der Waals surface area contributed by atoms with Crippen LogP contribution in [0.1, 0.15) is 69.7 Å². The molecule has 1 aliphatic carbocycles. The Bertz CT molecular complexity index is 955. The highest BCUT2D eigenvalue weighted by Crippen LogP contribution is 2.48. The highest BCUT2D eigenvalue weighted by molar-refractivity contribution is 5.96. The molecule has 28 heavy (non-hydrogen) atoms. The van der Waals surface area contributed by atoms with Gasteiger partial charge in [0.25, 0.3) is 0 Å². The number of benzene rings is 2. The third-order valence-electron chi connectivity index (χ3n) is 6.05. The fourth-order valence-electron chi connectivity index (χ4n) is 4.24. The molecule has 0 saturated heterocycles. The lowest BCUT2D eigenvalue weighted by atomic mass is 9.62. The van der Waals surface area contributed by atoms with E-state index in [1.54, 1.807) is 0 Å². The van der Waals surface area contributed by atoms with Crippen molar-refractivity contribution in [2.75, 3.05) is 5.32 Å². The summed E-state index contributed by atoms with van der Waals surface area (Å²) in [5, 5.41) is 15.0. The maximum Gasteiger partial charge on any atom is 0.221 e. The first-order valence-corrected chi connectivity index (χ1v) is 9.80. The summed E-state index contributed by atoms with van der Waals surface area (Å²) in [6, 6.07) is 10.3. The summed E-state index contributed by atoms with van der Waals surface area (Å²) in [5.41, 5.74) is 7.80. The molecule has 0 unspecified atom stereocenters. The fourth-order valence-corrected chi connectivity index (χ4v) is 4.24. The number of nitrogens with zero attached hydrogens (tertiary/aromatic N) is 1. The highest BCUT2D eigenvalue weighted by atomic mass is 16.4. The van der Waals surface area contributed by atoms with E-state index >= 15 is 0 Å². The van der Waals surface area contributed by atoms with E-state index in [2.05, 4.69) is 57.2 Å². The Labute approximate surface area is 167 Å². The Balaban J connectivity index is 2.27. The van der Waals surface area contributed by atoms with Gasteiger partial charge in [-0.15, -0.1) is 0 Å². The van der Waals surface area contributed by atoms with Crippen molar-refractivity contribution >= 4 is 17.8 Å². The molecule has 0 aliphatic heterocycles. The van der Waals surface area contributed by atoms with Gasteiger partial charge < -0.3 is 10.5 Å². The first-order chi connectivity index (χ1) is 13.0.